The average Bonchev–Trinajstić information content (AvgIpc) is 3.42. The molecule has 222 valence electrons. The quantitative estimate of drug-likeness (QED) is 0.0898. The van der Waals surface area contributed by atoms with E-state index in [9.17, 15) is 22.4 Å². The van der Waals surface area contributed by atoms with Gasteiger partial charge < -0.3 is 15.4 Å². The number of nitrogens with two attached hydrogens (primary N) is 1. The van der Waals surface area contributed by atoms with Crippen LogP contribution in [0.5, 0.6) is 0 Å². The standard InChI is InChI=1S/C30H20Cl3F4N3O3/c31-19-5-3-4-16(10-19)15-42-39-9-8-17-11-22(20-6-1-2-7-21(20)26(17)28(38)41)25-14-29(43-40-25,30(35,36)37)18-12-23(32)27(34)24(33)13-18/h1-7,9-13H,8,14-15H2,(H2,38,41). The van der Waals surface area contributed by atoms with Crippen molar-refractivity contribution in [3.8, 4) is 0 Å². The Morgan fingerprint density at radius 1 is 1.05 bits per heavy atom. The normalized spacial score (nSPS) is 16.9. The van der Waals surface area contributed by atoms with Gasteiger partial charge in [0.25, 0.3) is 5.60 Å². The first kappa shape index (κ1) is 30.6. The molecular weight excluding hydrogens is 633 g/mol. The highest BCUT2D eigenvalue weighted by molar-refractivity contribution is 6.35. The van der Waals surface area contributed by atoms with Gasteiger partial charge in [0, 0.05) is 35.2 Å². The molecule has 43 heavy (non-hydrogen) atoms. The number of carbonyl (C=O) groups excluding carboxylic acids is 1. The second-order valence-corrected chi connectivity index (χ2v) is 10.9. The van der Waals surface area contributed by atoms with Crippen LogP contribution in [0.15, 0.2) is 77.0 Å². The van der Waals surface area contributed by atoms with Gasteiger partial charge >= 0.3 is 6.18 Å². The number of amides is 1. The van der Waals surface area contributed by atoms with Crippen LogP contribution in [0.4, 0.5) is 17.6 Å². The zero-order chi connectivity index (χ0) is 30.9. The van der Waals surface area contributed by atoms with Gasteiger partial charge in [-0.3, -0.25) is 4.79 Å². The molecule has 0 spiro atoms. The van der Waals surface area contributed by atoms with Crippen molar-refractivity contribution >= 4 is 63.4 Å². The summed E-state index contributed by atoms with van der Waals surface area (Å²) in [6.07, 6.45) is -4.33. The lowest BCUT2D eigenvalue weighted by molar-refractivity contribution is -0.275. The fourth-order valence-corrected chi connectivity index (χ4v) is 5.59. The van der Waals surface area contributed by atoms with E-state index < -0.39 is 45.5 Å². The molecule has 0 radical (unpaired) electrons. The van der Waals surface area contributed by atoms with Gasteiger partial charge in [0.05, 0.1) is 21.3 Å². The number of fused-ring (bicyclic) bond motifs is 1. The number of rotatable bonds is 8. The van der Waals surface area contributed by atoms with E-state index in [-0.39, 0.29) is 29.9 Å². The molecule has 1 amide bonds. The summed E-state index contributed by atoms with van der Waals surface area (Å²) in [5.74, 6) is -1.80. The van der Waals surface area contributed by atoms with Crippen LogP contribution in [-0.4, -0.2) is 24.0 Å². The summed E-state index contributed by atoms with van der Waals surface area (Å²) in [5.41, 5.74) is 3.74. The molecule has 1 atom stereocenters. The summed E-state index contributed by atoms with van der Waals surface area (Å²) in [4.78, 5) is 23.0. The fraction of sp³-hybridized carbons (Fsp3) is 0.167. The molecule has 0 aliphatic carbocycles. The first-order chi connectivity index (χ1) is 20.4. The van der Waals surface area contributed by atoms with Crippen molar-refractivity contribution in [1.82, 2.24) is 0 Å². The lowest BCUT2D eigenvalue weighted by Crippen LogP contribution is -2.42. The summed E-state index contributed by atoms with van der Waals surface area (Å²) < 4.78 is 57.9. The van der Waals surface area contributed by atoms with Crippen LogP contribution in [0.2, 0.25) is 15.1 Å². The number of nitrogens with zero attached hydrogens (tertiary/aromatic N) is 2. The van der Waals surface area contributed by atoms with Crippen molar-refractivity contribution in [2.24, 2.45) is 16.0 Å². The SMILES string of the molecule is NC(=O)c1c(CC=NOCc2cccc(Cl)c2)cc(C2=NOC(c3cc(Cl)c(F)c(Cl)c3)(C(F)(F)F)C2)c2ccccc12. The molecule has 6 nitrogen and oxygen atoms in total. The van der Waals surface area contributed by atoms with Crippen LogP contribution in [0.25, 0.3) is 10.8 Å². The molecule has 1 aliphatic rings. The van der Waals surface area contributed by atoms with Crippen molar-refractivity contribution in [2.45, 2.75) is 31.2 Å². The van der Waals surface area contributed by atoms with Crippen molar-refractivity contribution in [3.63, 3.8) is 0 Å². The number of carbonyl (C=O) groups is 1. The van der Waals surface area contributed by atoms with E-state index in [0.717, 1.165) is 17.7 Å². The predicted molar refractivity (Wildman–Crippen MR) is 157 cm³/mol. The zero-order valence-electron chi connectivity index (χ0n) is 21.9. The van der Waals surface area contributed by atoms with Crippen molar-refractivity contribution in [3.05, 3.63) is 115 Å². The highest BCUT2D eigenvalue weighted by Crippen LogP contribution is 2.50. The van der Waals surface area contributed by atoms with Crippen LogP contribution in [0, 0.1) is 5.82 Å². The van der Waals surface area contributed by atoms with Gasteiger partial charge in [0.1, 0.15) is 6.61 Å². The lowest BCUT2D eigenvalue weighted by atomic mass is 9.84. The van der Waals surface area contributed by atoms with Gasteiger partial charge in [-0.2, -0.15) is 13.2 Å². The predicted octanol–water partition coefficient (Wildman–Crippen LogP) is 8.37. The third-order valence-corrected chi connectivity index (χ3v) is 7.69. The van der Waals surface area contributed by atoms with E-state index in [1.54, 1.807) is 48.5 Å². The van der Waals surface area contributed by atoms with Crippen LogP contribution in [-0.2, 0) is 28.3 Å². The van der Waals surface area contributed by atoms with E-state index in [2.05, 4.69) is 10.3 Å². The fourth-order valence-electron chi connectivity index (χ4n) is 4.89. The van der Waals surface area contributed by atoms with Crippen molar-refractivity contribution < 1.29 is 32.0 Å². The number of hydrogen-bond acceptors (Lipinski definition) is 5. The molecule has 1 aliphatic heterocycles. The number of alkyl halides is 3. The van der Waals surface area contributed by atoms with Gasteiger partial charge in [-0.1, -0.05) is 81.5 Å². The molecule has 0 aromatic heterocycles. The van der Waals surface area contributed by atoms with Gasteiger partial charge in [-0.05, 0) is 52.2 Å². The van der Waals surface area contributed by atoms with Gasteiger partial charge in [0.15, 0.2) is 5.82 Å². The molecule has 1 unspecified atom stereocenters. The Bertz CT molecular complexity index is 1770. The van der Waals surface area contributed by atoms with E-state index in [0.29, 0.717) is 21.4 Å². The largest absolute Gasteiger partial charge is 0.435 e. The highest BCUT2D eigenvalue weighted by atomic mass is 35.5. The van der Waals surface area contributed by atoms with E-state index in [4.69, 9.17) is 50.2 Å². The summed E-state index contributed by atoms with van der Waals surface area (Å²) in [5, 5.41) is 7.93. The molecule has 4 aromatic rings. The lowest BCUT2D eigenvalue weighted by Gasteiger charge is -2.30. The molecule has 13 heteroatoms. The Labute approximate surface area is 257 Å². The van der Waals surface area contributed by atoms with Gasteiger partial charge in [-0.15, -0.1) is 0 Å². The molecule has 0 fully saturated rings. The van der Waals surface area contributed by atoms with Crippen LogP contribution >= 0.6 is 34.8 Å². The summed E-state index contributed by atoms with van der Waals surface area (Å²) >= 11 is 17.6. The monoisotopic (exact) mass is 651 g/mol. The van der Waals surface area contributed by atoms with Gasteiger partial charge in [0.2, 0.25) is 5.91 Å². The molecule has 0 saturated heterocycles. The second kappa shape index (κ2) is 12.0. The van der Waals surface area contributed by atoms with Crippen LogP contribution < -0.4 is 5.73 Å². The Balaban J connectivity index is 1.52. The smallest absolute Gasteiger partial charge is 0.391 e. The molecule has 5 rings (SSSR count). The Hall–Kier alpha value is -3.86. The Morgan fingerprint density at radius 3 is 2.40 bits per heavy atom. The maximum atomic E-state index is 14.6. The Morgan fingerprint density at radius 2 is 1.74 bits per heavy atom. The number of primary amides is 1. The Kier molecular flexibility index (Phi) is 8.56. The minimum absolute atomic E-state index is 0.0490. The topological polar surface area (TPSA) is 86.3 Å². The molecular formula is C30H20Cl3F4N3O3. The molecule has 4 aromatic carbocycles. The van der Waals surface area contributed by atoms with E-state index in [1.165, 1.54) is 12.3 Å². The highest BCUT2D eigenvalue weighted by Gasteiger charge is 2.62. The van der Waals surface area contributed by atoms with Crippen molar-refractivity contribution in [2.75, 3.05) is 0 Å². The number of benzene rings is 4. The third kappa shape index (κ3) is 6.00. The van der Waals surface area contributed by atoms with E-state index in [1.807, 2.05) is 0 Å². The molecule has 0 saturated carbocycles. The third-order valence-electron chi connectivity index (χ3n) is 6.90. The first-order valence-electron chi connectivity index (χ1n) is 12.6. The molecule has 0 bridgehead atoms. The summed E-state index contributed by atoms with van der Waals surface area (Å²) in [7, 11) is 0. The first-order valence-corrected chi connectivity index (χ1v) is 13.7. The summed E-state index contributed by atoms with van der Waals surface area (Å²) in [6, 6.07) is 16.7. The second-order valence-electron chi connectivity index (χ2n) is 9.65. The van der Waals surface area contributed by atoms with Crippen LogP contribution in [0.3, 0.4) is 0 Å². The zero-order valence-corrected chi connectivity index (χ0v) is 24.2. The molecule has 1 heterocycles. The average molecular weight is 653 g/mol. The summed E-state index contributed by atoms with van der Waals surface area (Å²) in [6.45, 7) is 0.133. The maximum Gasteiger partial charge on any atom is 0.435 e. The van der Waals surface area contributed by atoms with E-state index >= 15 is 0 Å². The number of oxime groups is 2. The minimum Gasteiger partial charge on any atom is -0.391 e. The van der Waals surface area contributed by atoms with Gasteiger partial charge in [-0.25, -0.2) is 4.39 Å². The van der Waals surface area contributed by atoms with Crippen molar-refractivity contribution in [1.29, 1.82) is 0 Å². The van der Waals surface area contributed by atoms with Crippen LogP contribution in [0.1, 0.15) is 39.0 Å². The number of hydrogen-bond donors (Lipinski definition) is 1. The maximum absolute atomic E-state index is 14.6. The number of halogens is 7. The minimum atomic E-state index is -5.00. The molecule has 2 N–H and O–H groups in total.